The highest BCUT2D eigenvalue weighted by molar-refractivity contribution is 5.98. The SMILES string of the molecule is COC(=O)C(Cc1c[nH]c2ccccc12)NC(=O)c1ccc(Nc2ccccc2)c([N+](=O)[O-])c1. The number of carbonyl (C=O) groups excluding carboxylic acids is 2. The Labute approximate surface area is 194 Å². The van der Waals surface area contributed by atoms with Gasteiger partial charge in [0.2, 0.25) is 0 Å². The number of para-hydroxylation sites is 2. The number of rotatable bonds is 8. The Hall–Kier alpha value is -4.66. The van der Waals surface area contributed by atoms with Crippen molar-refractivity contribution in [2.75, 3.05) is 12.4 Å². The first-order chi connectivity index (χ1) is 16.5. The van der Waals surface area contributed by atoms with E-state index in [1.54, 1.807) is 30.5 Å². The maximum absolute atomic E-state index is 12.9. The van der Waals surface area contributed by atoms with E-state index in [9.17, 15) is 19.7 Å². The first-order valence-electron chi connectivity index (χ1n) is 10.5. The number of H-pyrrole nitrogens is 1. The molecule has 0 bridgehead atoms. The van der Waals surface area contributed by atoms with Gasteiger partial charge in [0.25, 0.3) is 11.6 Å². The summed E-state index contributed by atoms with van der Waals surface area (Å²) in [6.45, 7) is 0. The molecule has 0 aliphatic carbocycles. The molecule has 0 aliphatic heterocycles. The predicted octanol–water partition coefficient (Wildman–Crippen LogP) is 4.33. The molecular formula is C25H22N4O5. The Morgan fingerprint density at radius 3 is 2.53 bits per heavy atom. The summed E-state index contributed by atoms with van der Waals surface area (Å²) in [6.07, 6.45) is 1.97. The molecule has 3 aromatic carbocycles. The van der Waals surface area contributed by atoms with Crippen LogP contribution in [0.4, 0.5) is 17.1 Å². The number of hydrogen-bond donors (Lipinski definition) is 3. The second-order valence-electron chi connectivity index (χ2n) is 7.59. The molecule has 1 aromatic heterocycles. The van der Waals surface area contributed by atoms with Crippen LogP contribution in [0.15, 0.2) is 79.0 Å². The smallest absolute Gasteiger partial charge is 0.328 e. The third-order valence-electron chi connectivity index (χ3n) is 5.40. The summed E-state index contributed by atoms with van der Waals surface area (Å²) in [5.74, 6) is -1.24. The van der Waals surface area contributed by atoms with Crippen molar-refractivity contribution in [1.82, 2.24) is 10.3 Å². The number of nitrogens with one attached hydrogen (secondary N) is 3. The largest absolute Gasteiger partial charge is 0.467 e. The van der Waals surface area contributed by atoms with Crippen LogP contribution in [-0.4, -0.2) is 34.9 Å². The highest BCUT2D eigenvalue weighted by Gasteiger charge is 2.25. The van der Waals surface area contributed by atoms with E-state index in [2.05, 4.69) is 15.6 Å². The number of aromatic nitrogens is 1. The zero-order valence-corrected chi connectivity index (χ0v) is 18.3. The molecule has 0 radical (unpaired) electrons. The number of methoxy groups -OCH3 is 1. The monoisotopic (exact) mass is 458 g/mol. The first kappa shape index (κ1) is 22.5. The van der Waals surface area contributed by atoms with Gasteiger partial charge in [0.15, 0.2) is 0 Å². The molecule has 0 spiro atoms. The van der Waals surface area contributed by atoms with Gasteiger partial charge in [-0.1, -0.05) is 36.4 Å². The summed E-state index contributed by atoms with van der Waals surface area (Å²) in [6, 6.07) is 19.7. The predicted molar refractivity (Wildman–Crippen MR) is 128 cm³/mol. The lowest BCUT2D eigenvalue weighted by Gasteiger charge is -2.16. The maximum Gasteiger partial charge on any atom is 0.328 e. The van der Waals surface area contributed by atoms with Gasteiger partial charge in [0.1, 0.15) is 11.7 Å². The fourth-order valence-corrected chi connectivity index (χ4v) is 3.70. The molecule has 1 unspecified atom stereocenters. The quantitative estimate of drug-likeness (QED) is 0.205. The van der Waals surface area contributed by atoms with Crippen LogP contribution in [-0.2, 0) is 16.0 Å². The number of nitro groups is 1. The molecule has 0 fully saturated rings. The molecule has 1 amide bonds. The minimum atomic E-state index is -0.974. The summed E-state index contributed by atoms with van der Waals surface area (Å²) in [7, 11) is 1.24. The lowest BCUT2D eigenvalue weighted by atomic mass is 10.0. The molecule has 4 aromatic rings. The molecule has 1 heterocycles. The molecule has 9 heteroatoms. The van der Waals surface area contributed by atoms with Gasteiger partial charge in [0, 0.05) is 40.8 Å². The third kappa shape index (κ3) is 4.88. The number of hydrogen-bond acceptors (Lipinski definition) is 6. The number of ether oxygens (including phenoxy) is 1. The molecule has 4 rings (SSSR count). The molecule has 9 nitrogen and oxygen atoms in total. The fraction of sp³-hybridized carbons (Fsp3) is 0.120. The van der Waals surface area contributed by atoms with Crippen LogP contribution in [0.25, 0.3) is 10.9 Å². The molecule has 3 N–H and O–H groups in total. The highest BCUT2D eigenvalue weighted by atomic mass is 16.6. The zero-order valence-electron chi connectivity index (χ0n) is 18.3. The molecule has 0 saturated carbocycles. The summed E-state index contributed by atoms with van der Waals surface area (Å²) < 4.78 is 4.88. The van der Waals surface area contributed by atoms with Crippen molar-refractivity contribution in [3.63, 3.8) is 0 Å². The van der Waals surface area contributed by atoms with Crippen LogP contribution in [0.3, 0.4) is 0 Å². The second-order valence-corrected chi connectivity index (χ2v) is 7.59. The van der Waals surface area contributed by atoms with Crippen molar-refractivity contribution in [2.45, 2.75) is 12.5 Å². The van der Waals surface area contributed by atoms with Gasteiger partial charge in [-0.15, -0.1) is 0 Å². The standard InChI is InChI=1S/C25H22N4O5/c1-34-25(31)22(13-17-15-26-20-10-6-5-9-19(17)20)28-24(30)16-11-12-21(23(14-16)29(32)33)27-18-7-3-2-4-8-18/h2-12,14-15,22,26-27H,13H2,1H3,(H,28,30). The number of esters is 1. The van der Waals surface area contributed by atoms with Crippen molar-refractivity contribution >= 4 is 39.8 Å². The van der Waals surface area contributed by atoms with Crippen LogP contribution in [0.1, 0.15) is 15.9 Å². The van der Waals surface area contributed by atoms with Crippen molar-refractivity contribution in [3.8, 4) is 0 Å². The van der Waals surface area contributed by atoms with E-state index in [1.807, 2.05) is 30.3 Å². The Balaban J connectivity index is 1.56. The summed E-state index contributed by atoms with van der Waals surface area (Å²) >= 11 is 0. The van der Waals surface area contributed by atoms with E-state index in [0.29, 0.717) is 5.69 Å². The van der Waals surface area contributed by atoms with Crippen molar-refractivity contribution in [1.29, 1.82) is 0 Å². The molecule has 172 valence electrons. The number of amides is 1. The van der Waals surface area contributed by atoms with Gasteiger partial charge in [-0.05, 0) is 35.9 Å². The topological polar surface area (TPSA) is 126 Å². The number of carbonyl (C=O) groups is 2. The van der Waals surface area contributed by atoms with Gasteiger partial charge in [0.05, 0.1) is 12.0 Å². The number of nitro benzene ring substituents is 1. The van der Waals surface area contributed by atoms with Crippen LogP contribution in [0, 0.1) is 10.1 Å². The number of fused-ring (bicyclic) bond motifs is 1. The minimum absolute atomic E-state index is 0.0538. The van der Waals surface area contributed by atoms with Gasteiger partial charge in [-0.25, -0.2) is 4.79 Å². The Kier molecular flexibility index (Phi) is 6.54. The van der Waals surface area contributed by atoms with E-state index in [0.717, 1.165) is 16.5 Å². The van der Waals surface area contributed by atoms with Crippen LogP contribution >= 0.6 is 0 Å². The average Bonchev–Trinajstić information content (AvgIpc) is 3.26. The van der Waals surface area contributed by atoms with E-state index >= 15 is 0 Å². The maximum atomic E-state index is 12.9. The number of aromatic amines is 1. The van der Waals surface area contributed by atoms with Gasteiger partial charge in [-0.2, -0.15) is 0 Å². The normalized spacial score (nSPS) is 11.6. The summed E-state index contributed by atoms with van der Waals surface area (Å²) in [5.41, 5.74) is 2.45. The summed E-state index contributed by atoms with van der Waals surface area (Å²) in [5, 5.41) is 18.2. The van der Waals surface area contributed by atoms with Crippen molar-refractivity contribution in [3.05, 3.63) is 100 Å². The van der Waals surface area contributed by atoms with Crippen LogP contribution < -0.4 is 10.6 Å². The van der Waals surface area contributed by atoms with Crippen molar-refractivity contribution < 1.29 is 19.2 Å². The average molecular weight is 458 g/mol. The van der Waals surface area contributed by atoms with Crippen LogP contribution in [0.5, 0.6) is 0 Å². The van der Waals surface area contributed by atoms with E-state index in [4.69, 9.17) is 4.74 Å². The lowest BCUT2D eigenvalue weighted by Crippen LogP contribution is -2.43. The van der Waals surface area contributed by atoms with E-state index in [-0.39, 0.29) is 23.4 Å². The van der Waals surface area contributed by atoms with E-state index in [1.165, 1.54) is 25.3 Å². The Morgan fingerprint density at radius 2 is 1.79 bits per heavy atom. The number of anilines is 2. The minimum Gasteiger partial charge on any atom is -0.467 e. The fourth-order valence-electron chi connectivity index (χ4n) is 3.70. The first-order valence-corrected chi connectivity index (χ1v) is 10.5. The van der Waals surface area contributed by atoms with Crippen LogP contribution in [0.2, 0.25) is 0 Å². The van der Waals surface area contributed by atoms with E-state index < -0.39 is 22.8 Å². The van der Waals surface area contributed by atoms with Gasteiger partial charge < -0.3 is 20.4 Å². The Morgan fingerprint density at radius 1 is 1.06 bits per heavy atom. The molecule has 0 saturated heterocycles. The van der Waals surface area contributed by atoms with Crippen molar-refractivity contribution in [2.24, 2.45) is 0 Å². The van der Waals surface area contributed by atoms with Gasteiger partial charge in [-0.3, -0.25) is 14.9 Å². The second kappa shape index (κ2) is 9.86. The molecular weight excluding hydrogens is 436 g/mol. The Bertz CT molecular complexity index is 1350. The highest BCUT2D eigenvalue weighted by Crippen LogP contribution is 2.29. The molecule has 34 heavy (non-hydrogen) atoms. The molecule has 0 aliphatic rings. The molecule has 1 atom stereocenters. The zero-order chi connectivity index (χ0) is 24.1. The third-order valence-corrected chi connectivity index (χ3v) is 5.40. The number of benzene rings is 3. The van der Waals surface area contributed by atoms with Gasteiger partial charge >= 0.3 is 5.97 Å². The lowest BCUT2D eigenvalue weighted by molar-refractivity contribution is -0.383. The summed E-state index contributed by atoms with van der Waals surface area (Å²) in [4.78, 5) is 39.6. The number of nitrogens with zero attached hydrogens (tertiary/aromatic N) is 1.